The molecule has 3 rings (SSSR count). The van der Waals surface area contributed by atoms with Gasteiger partial charge < -0.3 is 9.64 Å². The summed E-state index contributed by atoms with van der Waals surface area (Å²) in [5.74, 6) is -0.543. The van der Waals surface area contributed by atoms with Crippen molar-refractivity contribution in [3.05, 3.63) is 32.8 Å². The van der Waals surface area contributed by atoms with Crippen LogP contribution in [-0.4, -0.2) is 37.0 Å². The van der Waals surface area contributed by atoms with Gasteiger partial charge in [-0.3, -0.25) is 9.59 Å². The quantitative estimate of drug-likeness (QED) is 0.592. The molecule has 0 bridgehead atoms. The number of hydrogen-bond donors (Lipinski definition) is 0. The summed E-state index contributed by atoms with van der Waals surface area (Å²) < 4.78 is 5.13. The second-order valence-corrected chi connectivity index (χ2v) is 9.57. The first-order valence-corrected chi connectivity index (χ1v) is 10.7. The average Bonchev–Trinajstić information content (AvgIpc) is 2.69. The smallest absolute Gasteiger partial charge is 0.309 e. The molecule has 2 aliphatic rings. The van der Waals surface area contributed by atoms with Crippen molar-refractivity contribution in [3.8, 4) is 0 Å². The number of nitrogens with zero attached hydrogens (tertiary/aromatic N) is 1. The number of ether oxygens (including phenoxy) is 1. The number of carbonyl (C=O) groups excluding carboxylic acids is 2. The van der Waals surface area contributed by atoms with Gasteiger partial charge in [-0.1, -0.05) is 50.4 Å². The number of halogens is 2. The molecular weight excluding hydrogens is 397 g/mol. The fourth-order valence-corrected chi connectivity index (χ4v) is 6.48. The summed E-state index contributed by atoms with van der Waals surface area (Å²) in [7, 11) is 3.23. The fourth-order valence-electron chi connectivity index (χ4n) is 5.50. The number of benzene rings is 1. The molecule has 0 radical (unpaired) electrons. The molecule has 1 fully saturated rings. The summed E-state index contributed by atoms with van der Waals surface area (Å²) in [5, 5.41) is 1.03. The zero-order valence-electron chi connectivity index (χ0n) is 17.4. The topological polar surface area (TPSA) is 46.6 Å². The molecule has 0 spiro atoms. The lowest BCUT2D eigenvalue weighted by Crippen LogP contribution is -2.52. The summed E-state index contributed by atoms with van der Waals surface area (Å²) in [6, 6.07) is 1.79. The molecule has 154 valence electrons. The molecule has 1 heterocycles. The second kappa shape index (κ2) is 7.53. The van der Waals surface area contributed by atoms with E-state index in [1.54, 1.807) is 11.9 Å². The van der Waals surface area contributed by atoms with Gasteiger partial charge in [0.15, 0.2) is 0 Å². The Balaban J connectivity index is 2.33. The average molecular weight is 426 g/mol. The Kier molecular flexibility index (Phi) is 5.77. The Hall–Kier alpha value is -1.26. The lowest BCUT2D eigenvalue weighted by atomic mass is 9.57. The Labute approximate surface area is 177 Å². The number of rotatable bonds is 2. The van der Waals surface area contributed by atoms with Crippen LogP contribution in [0.25, 0.3) is 0 Å². The zero-order chi connectivity index (χ0) is 21.0. The number of methoxy groups -OCH3 is 1. The Morgan fingerprint density at radius 2 is 2.00 bits per heavy atom. The van der Waals surface area contributed by atoms with Crippen molar-refractivity contribution < 1.29 is 14.3 Å². The van der Waals surface area contributed by atoms with Crippen LogP contribution in [0.3, 0.4) is 0 Å². The predicted octanol–water partition coefficient (Wildman–Crippen LogP) is 5.44. The van der Waals surface area contributed by atoms with Gasteiger partial charge in [-0.15, -0.1) is 0 Å². The van der Waals surface area contributed by atoms with Crippen molar-refractivity contribution in [1.29, 1.82) is 0 Å². The van der Waals surface area contributed by atoms with E-state index in [-0.39, 0.29) is 35.7 Å². The molecule has 28 heavy (non-hydrogen) atoms. The lowest BCUT2D eigenvalue weighted by molar-refractivity contribution is -0.151. The van der Waals surface area contributed by atoms with Gasteiger partial charge in [-0.2, -0.15) is 0 Å². The van der Waals surface area contributed by atoms with E-state index in [0.717, 1.165) is 30.4 Å². The van der Waals surface area contributed by atoms with Gasteiger partial charge in [0, 0.05) is 24.0 Å². The summed E-state index contributed by atoms with van der Waals surface area (Å²) >= 11 is 13.5. The van der Waals surface area contributed by atoms with Gasteiger partial charge in [0.2, 0.25) is 0 Å². The van der Waals surface area contributed by atoms with Gasteiger partial charge in [-0.05, 0) is 48.3 Å². The molecule has 1 aliphatic heterocycles. The molecule has 6 heteroatoms. The molecule has 4 nitrogen and oxygen atoms in total. The van der Waals surface area contributed by atoms with Gasteiger partial charge >= 0.3 is 5.97 Å². The highest BCUT2D eigenvalue weighted by molar-refractivity contribution is 6.38. The van der Waals surface area contributed by atoms with E-state index in [1.807, 2.05) is 26.8 Å². The number of esters is 1. The van der Waals surface area contributed by atoms with Crippen LogP contribution >= 0.6 is 23.2 Å². The highest BCUT2D eigenvalue weighted by Gasteiger charge is 2.54. The van der Waals surface area contributed by atoms with Gasteiger partial charge in [0.05, 0.1) is 23.6 Å². The highest BCUT2D eigenvalue weighted by atomic mass is 35.5. The third-order valence-electron chi connectivity index (χ3n) is 7.00. The summed E-state index contributed by atoms with van der Waals surface area (Å²) in [6.45, 7) is 8.21. The van der Waals surface area contributed by atoms with Crippen molar-refractivity contribution in [2.24, 2.45) is 11.8 Å². The van der Waals surface area contributed by atoms with E-state index in [2.05, 4.69) is 6.92 Å². The first-order valence-electron chi connectivity index (χ1n) is 9.93. The molecule has 0 saturated heterocycles. The molecule has 0 N–H and O–H groups in total. The summed E-state index contributed by atoms with van der Waals surface area (Å²) in [5.41, 5.74) is 1.82. The third-order valence-corrected chi connectivity index (χ3v) is 7.70. The lowest BCUT2D eigenvalue weighted by Gasteiger charge is -2.48. The monoisotopic (exact) mass is 425 g/mol. The van der Waals surface area contributed by atoms with Crippen LogP contribution in [0.1, 0.15) is 74.4 Å². The number of hydrogen-bond acceptors (Lipinski definition) is 3. The minimum atomic E-state index is -0.394. The fraction of sp³-hybridized carbons (Fsp3) is 0.636. The number of carbonyl (C=O) groups is 2. The van der Waals surface area contributed by atoms with E-state index in [1.165, 1.54) is 7.11 Å². The van der Waals surface area contributed by atoms with Crippen LogP contribution in [0.4, 0.5) is 0 Å². The minimum Gasteiger partial charge on any atom is -0.469 e. The Morgan fingerprint density at radius 1 is 1.36 bits per heavy atom. The van der Waals surface area contributed by atoms with E-state index in [9.17, 15) is 9.59 Å². The molecule has 1 unspecified atom stereocenters. The normalized spacial score (nSPS) is 30.0. The maximum absolute atomic E-state index is 13.5. The van der Waals surface area contributed by atoms with Crippen LogP contribution < -0.4 is 0 Å². The molecule has 1 amide bonds. The van der Waals surface area contributed by atoms with Crippen molar-refractivity contribution >= 4 is 35.1 Å². The molecule has 4 atom stereocenters. The molecular formula is C22H29Cl2NO3. The first-order chi connectivity index (χ1) is 13.1. The zero-order valence-corrected chi connectivity index (χ0v) is 18.9. The Morgan fingerprint density at radius 3 is 2.57 bits per heavy atom. The van der Waals surface area contributed by atoms with E-state index < -0.39 is 5.41 Å². The van der Waals surface area contributed by atoms with E-state index >= 15 is 0 Å². The van der Waals surface area contributed by atoms with Crippen LogP contribution in [0.15, 0.2) is 6.07 Å². The Bertz CT molecular complexity index is 822. The minimum absolute atomic E-state index is 0.0686. The molecule has 1 aliphatic carbocycles. The molecule has 1 saturated carbocycles. The maximum Gasteiger partial charge on any atom is 0.309 e. The van der Waals surface area contributed by atoms with Gasteiger partial charge in [-0.25, -0.2) is 0 Å². The van der Waals surface area contributed by atoms with Crippen molar-refractivity contribution in [3.63, 3.8) is 0 Å². The predicted molar refractivity (Wildman–Crippen MR) is 112 cm³/mol. The van der Waals surface area contributed by atoms with Crippen molar-refractivity contribution in [2.75, 3.05) is 14.2 Å². The first kappa shape index (κ1) is 21.4. The standard InChI is InChI=1S/C22H29Cl2NO3/c1-11(2)16-15(23)10-14-17(19(16)24)20(26)25(5)12(3)18-13(21(27)28-6)8-7-9-22(14,18)4/h10-13,18H,7-9H2,1-6H3/t12?,13-,18-,22-/m1/s1. The van der Waals surface area contributed by atoms with Gasteiger partial charge in [0.25, 0.3) is 5.91 Å². The van der Waals surface area contributed by atoms with Crippen LogP contribution in [-0.2, 0) is 14.9 Å². The van der Waals surface area contributed by atoms with E-state index in [0.29, 0.717) is 15.6 Å². The maximum atomic E-state index is 13.5. The third kappa shape index (κ3) is 3.04. The second-order valence-electron chi connectivity index (χ2n) is 8.79. The van der Waals surface area contributed by atoms with E-state index in [4.69, 9.17) is 27.9 Å². The number of fused-ring (bicyclic) bond motifs is 3. The summed E-state index contributed by atoms with van der Waals surface area (Å²) in [6.07, 6.45) is 2.52. The SMILES string of the molecule is COC(=O)[C@@H]1CCC[C@]2(C)c3cc(Cl)c(C(C)C)c(Cl)c3C(=O)N(C)C(C)[C@H]12. The highest BCUT2D eigenvalue weighted by Crippen LogP contribution is 2.54. The largest absolute Gasteiger partial charge is 0.469 e. The summed E-state index contributed by atoms with van der Waals surface area (Å²) in [4.78, 5) is 27.8. The van der Waals surface area contributed by atoms with Crippen molar-refractivity contribution in [2.45, 2.75) is 64.3 Å². The van der Waals surface area contributed by atoms with Crippen LogP contribution in [0.2, 0.25) is 10.0 Å². The molecule has 1 aromatic carbocycles. The van der Waals surface area contributed by atoms with Crippen molar-refractivity contribution in [1.82, 2.24) is 4.90 Å². The molecule has 0 aromatic heterocycles. The van der Waals surface area contributed by atoms with Crippen LogP contribution in [0.5, 0.6) is 0 Å². The van der Waals surface area contributed by atoms with Crippen LogP contribution in [0, 0.1) is 11.8 Å². The van der Waals surface area contributed by atoms with Gasteiger partial charge in [0.1, 0.15) is 0 Å². The molecule has 1 aromatic rings. The number of amides is 1.